The van der Waals surface area contributed by atoms with Crippen molar-refractivity contribution in [3.8, 4) is 11.1 Å². The zero-order valence-corrected chi connectivity index (χ0v) is 13.2. The van der Waals surface area contributed by atoms with Crippen LogP contribution >= 0.6 is 15.9 Å². The van der Waals surface area contributed by atoms with Crippen LogP contribution in [0.3, 0.4) is 0 Å². The molecule has 0 aliphatic rings. The molecule has 0 saturated heterocycles. The summed E-state index contributed by atoms with van der Waals surface area (Å²) in [6, 6.07) is 11.4. The number of fused-ring (bicyclic) bond motifs is 1. The lowest BCUT2D eigenvalue weighted by Gasteiger charge is -2.01. The summed E-state index contributed by atoms with van der Waals surface area (Å²) < 4.78 is 6.14. The largest absolute Gasteiger partial charge is 0.481 e. The molecule has 3 aromatic rings. The molecule has 1 heterocycles. The highest BCUT2D eigenvalue weighted by molar-refractivity contribution is 9.10. The number of nitro benzene ring substituents is 1. The maximum Gasteiger partial charge on any atom is 0.307 e. The van der Waals surface area contributed by atoms with Crippen molar-refractivity contribution in [3.05, 3.63) is 62.8 Å². The van der Waals surface area contributed by atoms with E-state index in [-0.39, 0.29) is 12.1 Å². The van der Waals surface area contributed by atoms with Gasteiger partial charge in [-0.15, -0.1) is 0 Å². The summed E-state index contributed by atoms with van der Waals surface area (Å²) in [5.41, 5.74) is 2.55. The van der Waals surface area contributed by atoms with Gasteiger partial charge in [-0.25, -0.2) is 0 Å². The molecule has 0 aliphatic carbocycles. The number of para-hydroxylation sites is 1. The monoisotopic (exact) mass is 375 g/mol. The summed E-state index contributed by atoms with van der Waals surface area (Å²) in [4.78, 5) is 21.2. The molecule has 0 radical (unpaired) electrons. The van der Waals surface area contributed by atoms with Crippen LogP contribution in [0.5, 0.6) is 0 Å². The fourth-order valence-corrected chi connectivity index (χ4v) is 3.07. The Kier molecular flexibility index (Phi) is 3.87. The van der Waals surface area contributed by atoms with Crippen LogP contribution in [0.25, 0.3) is 22.1 Å². The van der Waals surface area contributed by atoms with E-state index in [9.17, 15) is 14.9 Å². The molecule has 1 aromatic heterocycles. The first kappa shape index (κ1) is 15.2. The number of carboxylic acids is 1. The Morgan fingerprint density at radius 1 is 1.22 bits per heavy atom. The van der Waals surface area contributed by atoms with Crippen molar-refractivity contribution in [2.45, 2.75) is 6.42 Å². The number of furan rings is 1. The fourth-order valence-electron chi connectivity index (χ4n) is 2.47. The van der Waals surface area contributed by atoms with Gasteiger partial charge in [0.2, 0.25) is 0 Å². The normalized spacial score (nSPS) is 10.8. The van der Waals surface area contributed by atoms with E-state index in [1.165, 1.54) is 12.1 Å². The Bertz CT molecular complexity index is 914. The van der Waals surface area contributed by atoms with Gasteiger partial charge in [0, 0.05) is 28.6 Å². The van der Waals surface area contributed by atoms with E-state index in [4.69, 9.17) is 9.52 Å². The van der Waals surface area contributed by atoms with Crippen molar-refractivity contribution >= 4 is 38.6 Å². The van der Waals surface area contributed by atoms with E-state index in [0.717, 1.165) is 16.5 Å². The molecule has 23 heavy (non-hydrogen) atoms. The van der Waals surface area contributed by atoms with E-state index in [0.29, 0.717) is 15.8 Å². The summed E-state index contributed by atoms with van der Waals surface area (Å²) in [6.07, 6.45) is -0.142. The third kappa shape index (κ3) is 2.83. The van der Waals surface area contributed by atoms with Gasteiger partial charge >= 0.3 is 5.97 Å². The smallest absolute Gasteiger partial charge is 0.307 e. The lowest BCUT2D eigenvalue weighted by molar-refractivity contribution is -0.384. The maximum atomic E-state index is 11.0. The highest BCUT2D eigenvalue weighted by atomic mass is 79.9. The number of non-ortho nitro benzene ring substituents is 1. The standard InChI is InChI=1S/C16H10BrNO5/c17-16-14(9-4-6-11(7-5-9)18(21)22)12-3-1-2-10(8-13(19)20)15(12)23-16/h1-7H,8H2,(H,19,20). The molecule has 0 spiro atoms. The molecule has 0 fully saturated rings. The van der Waals surface area contributed by atoms with Gasteiger partial charge in [-0.2, -0.15) is 0 Å². The number of hydrogen-bond acceptors (Lipinski definition) is 4. The lowest BCUT2D eigenvalue weighted by Crippen LogP contribution is -1.99. The average Bonchev–Trinajstić information content (AvgIpc) is 2.84. The van der Waals surface area contributed by atoms with Crippen molar-refractivity contribution in [2.24, 2.45) is 0 Å². The van der Waals surface area contributed by atoms with Gasteiger partial charge < -0.3 is 9.52 Å². The minimum Gasteiger partial charge on any atom is -0.481 e. The minimum atomic E-state index is -0.943. The van der Waals surface area contributed by atoms with E-state index in [2.05, 4.69) is 15.9 Å². The summed E-state index contributed by atoms with van der Waals surface area (Å²) in [5, 5.41) is 20.5. The maximum absolute atomic E-state index is 11.0. The van der Waals surface area contributed by atoms with Crippen molar-refractivity contribution in [1.29, 1.82) is 0 Å². The van der Waals surface area contributed by atoms with Crippen LogP contribution in [0.15, 0.2) is 51.6 Å². The molecule has 116 valence electrons. The van der Waals surface area contributed by atoms with Gasteiger partial charge in [0.15, 0.2) is 4.67 Å². The molecule has 0 atom stereocenters. The van der Waals surface area contributed by atoms with Crippen molar-refractivity contribution in [1.82, 2.24) is 0 Å². The molecule has 3 rings (SSSR count). The number of aliphatic carboxylic acids is 1. The Morgan fingerprint density at radius 3 is 2.52 bits per heavy atom. The third-order valence-corrected chi connectivity index (χ3v) is 4.02. The Morgan fingerprint density at radius 2 is 1.91 bits per heavy atom. The Labute approximate surface area is 138 Å². The number of nitro groups is 1. The first-order valence-electron chi connectivity index (χ1n) is 6.64. The summed E-state index contributed by atoms with van der Waals surface area (Å²) in [7, 11) is 0. The molecular weight excluding hydrogens is 366 g/mol. The molecule has 0 unspecified atom stereocenters. The highest BCUT2D eigenvalue weighted by Gasteiger charge is 2.18. The minimum absolute atomic E-state index is 0.00393. The average molecular weight is 376 g/mol. The Hall–Kier alpha value is -2.67. The summed E-state index contributed by atoms with van der Waals surface area (Å²) >= 11 is 3.35. The summed E-state index contributed by atoms with van der Waals surface area (Å²) in [6.45, 7) is 0. The molecule has 0 aliphatic heterocycles. The second-order valence-electron chi connectivity index (χ2n) is 4.92. The van der Waals surface area contributed by atoms with E-state index in [1.54, 1.807) is 24.3 Å². The SMILES string of the molecule is O=C(O)Cc1cccc2c(-c3ccc([N+](=O)[O-])cc3)c(Br)oc12. The van der Waals surface area contributed by atoms with Crippen LogP contribution < -0.4 is 0 Å². The molecule has 7 heteroatoms. The molecule has 1 N–H and O–H groups in total. The van der Waals surface area contributed by atoms with Crippen LogP contribution in [-0.4, -0.2) is 16.0 Å². The fraction of sp³-hybridized carbons (Fsp3) is 0.0625. The van der Waals surface area contributed by atoms with Crippen LogP contribution in [0, 0.1) is 10.1 Å². The highest BCUT2D eigenvalue weighted by Crippen LogP contribution is 2.39. The van der Waals surface area contributed by atoms with Crippen molar-refractivity contribution < 1.29 is 19.2 Å². The lowest BCUT2D eigenvalue weighted by atomic mass is 10.0. The van der Waals surface area contributed by atoms with E-state index >= 15 is 0 Å². The molecule has 2 aromatic carbocycles. The van der Waals surface area contributed by atoms with Gasteiger partial charge in [0.1, 0.15) is 5.58 Å². The van der Waals surface area contributed by atoms with Crippen molar-refractivity contribution in [2.75, 3.05) is 0 Å². The van der Waals surface area contributed by atoms with Crippen molar-refractivity contribution in [3.63, 3.8) is 0 Å². The number of halogens is 1. The van der Waals surface area contributed by atoms with Crippen LogP contribution in [0.4, 0.5) is 5.69 Å². The Balaban J connectivity index is 2.16. The number of carboxylic acid groups (broad SMARTS) is 1. The van der Waals surface area contributed by atoms with Gasteiger partial charge in [-0.1, -0.05) is 18.2 Å². The molecule has 0 bridgehead atoms. The molecular formula is C16H10BrNO5. The van der Waals surface area contributed by atoms with Gasteiger partial charge in [0.25, 0.3) is 5.69 Å². The first-order chi connectivity index (χ1) is 11.0. The number of benzene rings is 2. The zero-order chi connectivity index (χ0) is 16.6. The number of carbonyl (C=O) groups is 1. The van der Waals surface area contributed by atoms with Crippen LogP contribution in [-0.2, 0) is 11.2 Å². The number of hydrogen-bond donors (Lipinski definition) is 1. The second-order valence-corrected chi connectivity index (χ2v) is 5.64. The topological polar surface area (TPSA) is 93.6 Å². The second kappa shape index (κ2) is 5.85. The van der Waals surface area contributed by atoms with E-state index in [1.807, 2.05) is 6.07 Å². The number of nitrogens with zero attached hydrogens (tertiary/aromatic N) is 1. The van der Waals surface area contributed by atoms with Gasteiger partial charge in [0.05, 0.1) is 11.3 Å². The third-order valence-electron chi connectivity index (χ3n) is 3.46. The van der Waals surface area contributed by atoms with Crippen LogP contribution in [0.2, 0.25) is 0 Å². The molecule has 0 amide bonds. The quantitative estimate of drug-likeness (QED) is 0.538. The predicted octanol–water partition coefficient (Wildman–Crippen LogP) is 4.40. The van der Waals surface area contributed by atoms with Gasteiger partial charge in [-0.05, 0) is 33.6 Å². The first-order valence-corrected chi connectivity index (χ1v) is 7.43. The van der Waals surface area contributed by atoms with E-state index < -0.39 is 10.9 Å². The number of rotatable bonds is 4. The molecule has 0 saturated carbocycles. The van der Waals surface area contributed by atoms with Gasteiger partial charge in [-0.3, -0.25) is 14.9 Å². The van der Waals surface area contributed by atoms with Crippen LogP contribution in [0.1, 0.15) is 5.56 Å². The predicted molar refractivity (Wildman–Crippen MR) is 87.3 cm³/mol. The summed E-state index contributed by atoms with van der Waals surface area (Å²) in [5.74, 6) is -0.943. The molecule has 6 nitrogen and oxygen atoms in total. The zero-order valence-electron chi connectivity index (χ0n) is 11.7.